The van der Waals surface area contributed by atoms with Crippen LogP contribution in [0.15, 0.2) is 12.1 Å². The maximum atomic E-state index is 11.3. The number of rotatable bonds is 6. The summed E-state index contributed by atoms with van der Waals surface area (Å²) in [4.78, 5) is 0. The zero-order valence-electron chi connectivity index (χ0n) is 12.4. The van der Waals surface area contributed by atoms with E-state index in [1.807, 2.05) is 0 Å². The molecular formula is C14H24N2O2S. The lowest BCUT2D eigenvalue weighted by Gasteiger charge is -2.19. The molecule has 1 aromatic carbocycles. The Morgan fingerprint density at radius 2 is 1.68 bits per heavy atom. The average molecular weight is 284 g/mol. The molecule has 0 heterocycles. The summed E-state index contributed by atoms with van der Waals surface area (Å²) >= 11 is 0. The number of hydrogen-bond acceptors (Lipinski definition) is 3. The first-order valence-corrected chi connectivity index (χ1v) is 8.14. The molecule has 0 fully saturated rings. The Balaban J connectivity index is 2.72. The molecule has 0 radical (unpaired) electrons. The highest BCUT2D eigenvalue weighted by molar-refractivity contribution is 7.89. The minimum Gasteiger partial charge on any atom is -0.309 e. The molecule has 2 N–H and O–H groups in total. The van der Waals surface area contributed by atoms with Crippen molar-refractivity contribution in [3.05, 3.63) is 34.4 Å². The van der Waals surface area contributed by atoms with Crippen molar-refractivity contribution < 1.29 is 8.42 Å². The highest BCUT2D eigenvalue weighted by atomic mass is 32.2. The first-order valence-electron chi connectivity index (χ1n) is 6.49. The molecule has 5 heteroatoms. The SMILES string of the molecule is CNS(=O)(=O)CCNC(C)c1c(C)cc(C)cc1C. The number of benzene rings is 1. The van der Waals surface area contributed by atoms with E-state index in [9.17, 15) is 8.42 Å². The number of hydrogen-bond donors (Lipinski definition) is 2. The lowest BCUT2D eigenvalue weighted by molar-refractivity contribution is 0.565. The third kappa shape index (κ3) is 4.60. The Kier molecular flexibility index (Phi) is 5.52. The summed E-state index contributed by atoms with van der Waals surface area (Å²) in [5.41, 5.74) is 5.00. The van der Waals surface area contributed by atoms with E-state index >= 15 is 0 Å². The van der Waals surface area contributed by atoms with Crippen LogP contribution in [0.2, 0.25) is 0 Å². The topological polar surface area (TPSA) is 58.2 Å². The monoisotopic (exact) mass is 284 g/mol. The summed E-state index contributed by atoms with van der Waals surface area (Å²) in [5.74, 6) is 0.0950. The maximum Gasteiger partial charge on any atom is 0.212 e. The Morgan fingerprint density at radius 3 is 2.16 bits per heavy atom. The van der Waals surface area contributed by atoms with Crippen molar-refractivity contribution in [3.63, 3.8) is 0 Å². The maximum absolute atomic E-state index is 11.3. The molecule has 0 amide bonds. The predicted octanol–water partition coefficient (Wildman–Crippen LogP) is 1.81. The molecule has 19 heavy (non-hydrogen) atoms. The van der Waals surface area contributed by atoms with Gasteiger partial charge in [0.2, 0.25) is 10.0 Å². The van der Waals surface area contributed by atoms with Gasteiger partial charge in [0.15, 0.2) is 0 Å². The number of sulfonamides is 1. The quantitative estimate of drug-likeness (QED) is 0.837. The first kappa shape index (κ1) is 16.1. The van der Waals surface area contributed by atoms with Gasteiger partial charge in [-0.25, -0.2) is 13.1 Å². The van der Waals surface area contributed by atoms with E-state index in [1.165, 1.54) is 29.3 Å². The van der Waals surface area contributed by atoms with Gasteiger partial charge in [-0.15, -0.1) is 0 Å². The van der Waals surface area contributed by atoms with Gasteiger partial charge in [0.1, 0.15) is 0 Å². The Hall–Kier alpha value is -0.910. The van der Waals surface area contributed by atoms with Gasteiger partial charge in [-0.3, -0.25) is 0 Å². The molecule has 108 valence electrons. The second-order valence-corrected chi connectivity index (χ2v) is 7.06. The standard InChI is InChI=1S/C14H24N2O2S/c1-10-8-11(2)14(12(3)9-10)13(4)16-6-7-19(17,18)15-5/h8-9,13,15-16H,6-7H2,1-5H3. The van der Waals surface area contributed by atoms with E-state index in [0.29, 0.717) is 6.54 Å². The van der Waals surface area contributed by atoms with Crippen molar-refractivity contribution in [2.75, 3.05) is 19.3 Å². The smallest absolute Gasteiger partial charge is 0.212 e. The lowest BCUT2D eigenvalue weighted by Crippen LogP contribution is -2.31. The van der Waals surface area contributed by atoms with Gasteiger partial charge in [0.25, 0.3) is 0 Å². The fraction of sp³-hybridized carbons (Fsp3) is 0.571. The van der Waals surface area contributed by atoms with Gasteiger partial charge >= 0.3 is 0 Å². The predicted molar refractivity (Wildman–Crippen MR) is 79.9 cm³/mol. The van der Waals surface area contributed by atoms with E-state index in [4.69, 9.17) is 0 Å². The minimum atomic E-state index is -3.14. The third-order valence-corrected chi connectivity index (χ3v) is 4.67. The van der Waals surface area contributed by atoms with Crippen LogP contribution in [0.5, 0.6) is 0 Å². The molecule has 1 rings (SSSR count). The van der Waals surface area contributed by atoms with Crippen molar-refractivity contribution >= 4 is 10.0 Å². The van der Waals surface area contributed by atoms with Crippen molar-refractivity contribution in [1.82, 2.24) is 10.0 Å². The second kappa shape index (κ2) is 6.50. The molecular weight excluding hydrogens is 260 g/mol. The van der Waals surface area contributed by atoms with E-state index in [1.54, 1.807) is 0 Å². The largest absolute Gasteiger partial charge is 0.309 e. The summed E-state index contributed by atoms with van der Waals surface area (Å²) in [6.45, 7) is 8.78. The summed E-state index contributed by atoms with van der Waals surface area (Å²) < 4.78 is 25.0. The van der Waals surface area contributed by atoms with Crippen LogP contribution >= 0.6 is 0 Å². The summed E-state index contributed by atoms with van der Waals surface area (Å²) in [7, 11) is -1.70. The summed E-state index contributed by atoms with van der Waals surface area (Å²) in [6.07, 6.45) is 0. The van der Waals surface area contributed by atoms with Crippen LogP contribution in [0, 0.1) is 20.8 Å². The van der Waals surface area contributed by atoms with Crippen LogP contribution in [0.1, 0.15) is 35.2 Å². The Labute approximate surface area is 116 Å². The molecule has 0 aliphatic rings. The van der Waals surface area contributed by atoms with E-state index < -0.39 is 10.0 Å². The molecule has 0 aromatic heterocycles. The van der Waals surface area contributed by atoms with Crippen LogP contribution in [0.3, 0.4) is 0 Å². The normalized spacial score (nSPS) is 13.5. The zero-order chi connectivity index (χ0) is 14.6. The van der Waals surface area contributed by atoms with Crippen LogP contribution in [0.25, 0.3) is 0 Å². The first-order chi connectivity index (χ1) is 8.76. The fourth-order valence-electron chi connectivity index (χ4n) is 2.49. The van der Waals surface area contributed by atoms with Crippen LogP contribution in [-0.2, 0) is 10.0 Å². The molecule has 0 saturated carbocycles. The average Bonchev–Trinajstić information content (AvgIpc) is 2.27. The van der Waals surface area contributed by atoms with Gasteiger partial charge in [-0.2, -0.15) is 0 Å². The van der Waals surface area contributed by atoms with Gasteiger partial charge in [-0.1, -0.05) is 17.7 Å². The van der Waals surface area contributed by atoms with Crippen LogP contribution < -0.4 is 10.0 Å². The molecule has 1 unspecified atom stereocenters. The zero-order valence-corrected chi connectivity index (χ0v) is 13.2. The minimum absolute atomic E-state index is 0.0950. The lowest BCUT2D eigenvalue weighted by atomic mass is 9.95. The highest BCUT2D eigenvalue weighted by Crippen LogP contribution is 2.23. The van der Waals surface area contributed by atoms with Crippen LogP contribution in [0.4, 0.5) is 0 Å². The summed E-state index contributed by atoms with van der Waals surface area (Å²) in [5, 5.41) is 3.27. The molecule has 1 aromatic rings. The van der Waals surface area contributed by atoms with Crippen LogP contribution in [-0.4, -0.2) is 27.8 Å². The van der Waals surface area contributed by atoms with E-state index in [2.05, 4.69) is 49.9 Å². The highest BCUT2D eigenvalue weighted by Gasteiger charge is 2.13. The second-order valence-electron chi connectivity index (χ2n) is 5.01. The Bertz CT molecular complexity index is 515. The number of nitrogens with one attached hydrogen (secondary N) is 2. The van der Waals surface area contributed by atoms with Gasteiger partial charge in [0.05, 0.1) is 5.75 Å². The van der Waals surface area contributed by atoms with Gasteiger partial charge < -0.3 is 5.32 Å². The molecule has 0 bridgehead atoms. The molecule has 0 aliphatic heterocycles. The number of aryl methyl sites for hydroxylation is 3. The molecule has 0 aliphatic carbocycles. The molecule has 0 spiro atoms. The Morgan fingerprint density at radius 1 is 1.16 bits per heavy atom. The van der Waals surface area contributed by atoms with Gasteiger partial charge in [0, 0.05) is 12.6 Å². The van der Waals surface area contributed by atoms with Crippen molar-refractivity contribution in [2.45, 2.75) is 33.7 Å². The van der Waals surface area contributed by atoms with Crippen molar-refractivity contribution in [3.8, 4) is 0 Å². The van der Waals surface area contributed by atoms with Crippen molar-refractivity contribution in [2.24, 2.45) is 0 Å². The van der Waals surface area contributed by atoms with Crippen molar-refractivity contribution in [1.29, 1.82) is 0 Å². The molecule has 1 atom stereocenters. The van der Waals surface area contributed by atoms with Gasteiger partial charge in [-0.05, 0) is 51.4 Å². The fourth-order valence-corrected chi connectivity index (χ4v) is 3.08. The van der Waals surface area contributed by atoms with E-state index in [-0.39, 0.29) is 11.8 Å². The van der Waals surface area contributed by atoms with E-state index in [0.717, 1.165) is 0 Å². The third-order valence-electron chi connectivity index (χ3n) is 3.30. The molecule has 4 nitrogen and oxygen atoms in total. The summed E-state index contributed by atoms with van der Waals surface area (Å²) in [6, 6.07) is 4.46. The molecule has 0 saturated heterocycles.